The van der Waals surface area contributed by atoms with Crippen molar-refractivity contribution >= 4 is 34.0 Å². The summed E-state index contributed by atoms with van der Waals surface area (Å²) in [6.07, 6.45) is 1.73. The van der Waals surface area contributed by atoms with Crippen LogP contribution in [-0.2, 0) is 11.2 Å². The molecule has 0 unspecified atom stereocenters. The maximum atomic E-state index is 12.3. The first-order valence-electron chi connectivity index (χ1n) is 7.70. The Morgan fingerprint density at radius 3 is 2.65 bits per heavy atom. The molecule has 0 aliphatic heterocycles. The highest BCUT2D eigenvalue weighted by Crippen LogP contribution is 2.48. The number of anilines is 1. The quantitative estimate of drug-likeness (QED) is 0.882. The highest BCUT2D eigenvalue weighted by atomic mass is 35.5. The van der Waals surface area contributed by atoms with Crippen LogP contribution in [0.3, 0.4) is 0 Å². The minimum atomic E-state index is 0.0196. The fourth-order valence-corrected chi connectivity index (χ4v) is 3.76. The molecule has 0 radical (unpaired) electrons. The standard InChI is InChI=1S/C17H20ClN3OS/c1-17(2,3)9-14-20-21-16(23-14)19-15(22)13-8-12(13)10-4-6-11(18)7-5-10/h4-7,12-13H,8-9H2,1-3H3,(H,19,21,22)/t12-,13+/m0/s1. The van der Waals surface area contributed by atoms with Gasteiger partial charge in [0.05, 0.1) is 0 Å². The lowest BCUT2D eigenvalue weighted by Crippen LogP contribution is -2.14. The summed E-state index contributed by atoms with van der Waals surface area (Å²) in [5.74, 6) is 0.337. The lowest BCUT2D eigenvalue weighted by Gasteiger charge is -2.14. The van der Waals surface area contributed by atoms with Gasteiger partial charge < -0.3 is 5.32 Å². The molecule has 1 heterocycles. The Bertz CT molecular complexity index is 705. The van der Waals surface area contributed by atoms with E-state index < -0.39 is 0 Å². The molecule has 1 aromatic heterocycles. The van der Waals surface area contributed by atoms with E-state index in [0.717, 1.165) is 22.9 Å². The molecule has 2 atom stereocenters. The zero-order valence-electron chi connectivity index (χ0n) is 13.5. The van der Waals surface area contributed by atoms with Crippen LogP contribution in [0.5, 0.6) is 0 Å². The summed E-state index contributed by atoms with van der Waals surface area (Å²) in [5.41, 5.74) is 1.33. The van der Waals surface area contributed by atoms with Gasteiger partial charge in [0.2, 0.25) is 11.0 Å². The van der Waals surface area contributed by atoms with Crippen molar-refractivity contribution in [3.05, 3.63) is 39.9 Å². The molecule has 0 bridgehead atoms. The molecule has 0 saturated heterocycles. The molecule has 1 aliphatic rings. The maximum absolute atomic E-state index is 12.3. The van der Waals surface area contributed by atoms with Crippen LogP contribution in [0.4, 0.5) is 5.13 Å². The summed E-state index contributed by atoms with van der Waals surface area (Å²) in [4.78, 5) is 12.3. The number of nitrogens with one attached hydrogen (secondary N) is 1. The fourth-order valence-electron chi connectivity index (χ4n) is 2.59. The number of amides is 1. The van der Waals surface area contributed by atoms with Crippen molar-refractivity contribution in [3.63, 3.8) is 0 Å². The molecule has 1 aliphatic carbocycles. The largest absolute Gasteiger partial charge is 0.300 e. The lowest BCUT2D eigenvalue weighted by molar-refractivity contribution is -0.117. The number of benzene rings is 1. The lowest BCUT2D eigenvalue weighted by atomic mass is 9.93. The number of halogens is 1. The minimum Gasteiger partial charge on any atom is -0.300 e. The zero-order chi connectivity index (χ0) is 16.6. The summed E-state index contributed by atoms with van der Waals surface area (Å²) in [6, 6.07) is 7.72. The molecule has 0 spiro atoms. The van der Waals surface area contributed by atoms with Crippen LogP contribution in [0.15, 0.2) is 24.3 Å². The van der Waals surface area contributed by atoms with Crippen LogP contribution in [0, 0.1) is 11.3 Å². The van der Waals surface area contributed by atoms with Crippen molar-refractivity contribution < 1.29 is 4.79 Å². The Morgan fingerprint density at radius 1 is 1.30 bits per heavy atom. The summed E-state index contributed by atoms with van der Waals surface area (Å²) in [7, 11) is 0. The van der Waals surface area contributed by atoms with Gasteiger partial charge in [0, 0.05) is 17.4 Å². The molecule has 2 aromatic rings. The molecule has 1 N–H and O–H groups in total. The molecular formula is C17H20ClN3OS. The van der Waals surface area contributed by atoms with Crippen molar-refractivity contribution in [2.24, 2.45) is 11.3 Å². The average Bonchev–Trinajstić information content (AvgIpc) is 3.14. The highest BCUT2D eigenvalue weighted by molar-refractivity contribution is 7.15. The molecule has 23 heavy (non-hydrogen) atoms. The van der Waals surface area contributed by atoms with Crippen LogP contribution in [0.1, 0.15) is 43.7 Å². The average molecular weight is 350 g/mol. The van der Waals surface area contributed by atoms with Crippen molar-refractivity contribution in [3.8, 4) is 0 Å². The van der Waals surface area contributed by atoms with Crippen molar-refractivity contribution in [2.45, 2.75) is 39.5 Å². The smallest absolute Gasteiger partial charge is 0.229 e. The Balaban J connectivity index is 1.57. The Hall–Kier alpha value is -1.46. The predicted molar refractivity (Wildman–Crippen MR) is 94.0 cm³/mol. The first-order chi connectivity index (χ1) is 10.8. The molecule has 1 saturated carbocycles. The van der Waals surface area contributed by atoms with Crippen LogP contribution >= 0.6 is 22.9 Å². The second-order valence-electron chi connectivity index (χ2n) is 7.23. The number of rotatable bonds is 4. The van der Waals surface area contributed by atoms with E-state index in [2.05, 4.69) is 36.3 Å². The van der Waals surface area contributed by atoms with Crippen molar-refractivity contribution in [1.82, 2.24) is 10.2 Å². The van der Waals surface area contributed by atoms with Gasteiger partial charge in [0.25, 0.3) is 0 Å². The number of carbonyl (C=O) groups excluding carboxylic acids is 1. The fraction of sp³-hybridized carbons (Fsp3) is 0.471. The first kappa shape index (κ1) is 16.4. The topological polar surface area (TPSA) is 54.9 Å². The van der Waals surface area contributed by atoms with E-state index in [1.165, 1.54) is 16.9 Å². The van der Waals surface area contributed by atoms with Gasteiger partial charge in [-0.1, -0.05) is 55.8 Å². The second-order valence-corrected chi connectivity index (χ2v) is 8.73. The predicted octanol–water partition coefficient (Wildman–Crippen LogP) is 4.52. The summed E-state index contributed by atoms with van der Waals surface area (Å²) in [6.45, 7) is 6.48. The van der Waals surface area contributed by atoms with E-state index in [9.17, 15) is 4.79 Å². The van der Waals surface area contributed by atoms with Crippen LogP contribution in [0.25, 0.3) is 0 Å². The normalized spacial score (nSPS) is 20.3. The van der Waals surface area contributed by atoms with Gasteiger partial charge in [0.15, 0.2) is 0 Å². The molecule has 6 heteroatoms. The highest BCUT2D eigenvalue weighted by Gasteiger charge is 2.44. The van der Waals surface area contributed by atoms with E-state index in [-0.39, 0.29) is 23.2 Å². The summed E-state index contributed by atoms with van der Waals surface area (Å²) >= 11 is 7.36. The van der Waals surface area contributed by atoms with E-state index >= 15 is 0 Å². The number of hydrogen-bond donors (Lipinski definition) is 1. The first-order valence-corrected chi connectivity index (χ1v) is 8.90. The third-order valence-corrected chi connectivity index (χ3v) is 4.89. The van der Waals surface area contributed by atoms with Gasteiger partial charge >= 0.3 is 0 Å². The van der Waals surface area contributed by atoms with E-state index in [1.54, 1.807) is 0 Å². The third-order valence-electron chi connectivity index (χ3n) is 3.80. The molecule has 4 nitrogen and oxygen atoms in total. The zero-order valence-corrected chi connectivity index (χ0v) is 15.0. The molecule has 1 aromatic carbocycles. The Labute approximate surface area is 145 Å². The molecular weight excluding hydrogens is 330 g/mol. The van der Waals surface area contributed by atoms with Crippen molar-refractivity contribution in [1.29, 1.82) is 0 Å². The minimum absolute atomic E-state index is 0.0196. The Kier molecular flexibility index (Phi) is 4.43. The van der Waals surface area contributed by atoms with Gasteiger partial charge in [-0.15, -0.1) is 10.2 Å². The maximum Gasteiger partial charge on any atom is 0.229 e. The van der Waals surface area contributed by atoms with Gasteiger partial charge in [-0.05, 0) is 35.4 Å². The number of hydrogen-bond acceptors (Lipinski definition) is 4. The number of carbonyl (C=O) groups is 1. The van der Waals surface area contributed by atoms with Crippen LogP contribution in [0.2, 0.25) is 5.02 Å². The molecule has 3 rings (SSSR count). The van der Waals surface area contributed by atoms with Crippen LogP contribution < -0.4 is 5.32 Å². The van der Waals surface area contributed by atoms with E-state index in [0.29, 0.717) is 5.13 Å². The van der Waals surface area contributed by atoms with Crippen LogP contribution in [-0.4, -0.2) is 16.1 Å². The Morgan fingerprint density at radius 2 is 2.00 bits per heavy atom. The van der Waals surface area contributed by atoms with Gasteiger partial charge in [-0.3, -0.25) is 4.79 Å². The van der Waals surface area contributed by atoms with Gasteiger partial charge in [0.1, 0.15) is 5.01 Å². The number of aromatic nitrogens is 2. The summed E-state index contributed by atoms with van der Waals surface area (Å²) < 4.78 is 0. The van der Waals surface area contributed by atoms with E-state index in [1.807, 2.05) is 24.3 Å². The summed E-state index contributed by atoms with van der Waals surface area (Å²) in [5, 5.41) is 13.4. The van der Waals surface area contributed by atoms with Gasteiger partial charge in [-0.2, -0.15) is 0 Å². The van der Waals surface area contributed by atoms with E-state index in [4.69, 9.17) is 11.6 Å². The SMILES string of the molecule is CC(C)(C)Cc1nnc(NC(=O)[C@@H]2C[C@H]2c2ccc(Cl)cc2)s1. The number of nitrogens with zero attached hydrogens (tertiary/aromatic N) is 2. The third kappa shape index (κ3) is 4.30. The molecule has 1 amide bonds. The van der Waals surface area contributed by atoms with Gasteiger partial charge in [-0.25, -0.2) is 0 Å². The van der Waals surface area contributed by atoms with Crippen molar-refractivity contribution in [2.75, 3.05) is 5.32 Å². The molecule has 122 valence electrons. The molecule has 1 fully saturated rings. The second kappa shape index (κ2) is 6.21. The monoisotopic (exact) mass is 349 g/mol.